The largest absolute Gasteiger partial charge is 0.338 e. The van der Waals surface area contributed by atoms with Crippen molar-refractivity contribution in [3.63, 3.8) is 0 Å². The molecule has 0 saturated carbocycles. The van der Waals surface area contributed by atoms with Crippen molar-refractivity contribution >= 4 is 44.6 Å². The van der Waals surface area contributed by atoms with Gasteiger partial charge in [0, 0.05) is 5.69 Å². The van der Waals surface area contributed by atoms with Gasteiger partial charge in [-0.3, -0.25) is 0 Å². The number of hydrogen-bond donors (Lipinski definition) is 2. The fraction of sp³-hybridized carbons (Fsp3) is 0.333. The lowest BCUT2D eigenvalue weighted by atomic mass is 10.1. The molecule has 1 aliphatic rings. The number of aromatic nitrogens is 1. The summed E-state index contributed by atoms with van der Waals surface area (Å²) in [6, 6.07) is 16.9. The molecule has 4 nitrogen and oxygen atoms in total. The lowest BCUT2D eigenvalue weighted by Crippen LogP contribution is -3.13. The van der Waals surface area contributed by atoms with E-state index >= 15 is 0 Å². The summed E-state index contributed by atoms with van der Waals surface area (Å²) in [5.74, 6) is 0. The number of hydrogen-bond acceptors (Lipinski definition) is 3. The molecule has 1 aliphatic heterocycles. The predicted octanol–water partition coefficient (Wildman–Crippen LogP) is 2.96. The normalized spacial score (nSPS) is 15.2. The van der Waals surface area contributed by atoms with Crippen molar-refractivity contribution in [2.45, 2.75) is 19.9 Å². The summed E-state index contributed by atoms with van der Waals surface area (Å²) in [5, 5.41) is 5.45. The Labute approximate surface area is 169 Å². The van der Waals surface area contributed by atoms with Crippen molar-refractivity contribution in [2.24, 2.45) is 0 Å². The van der Waals surface area contributed by atoms with E-state index in [4.69, 9.17) is 17.2 Å². The number of nitrogens with zero attached hydrogens (tertiary/aromatic N) is 2. The van der Waals surface area contributed by atoms with Gasteiger partial charge >= 0.3 is 0 Å². The minimum atomic E-state index is 0.832. The smallest absolute Gasteiger partial charge is 0.173 e. The van der Waals surface area contributed by atoms with Crippen molar-refractivity contribution in [2.75, 3.05) is 31.5 Å². The quantitative estimate of drug-likeness (QED) is 0.663. The Balaban J connectivity index is 1.29. The molecule has 2 aromatic carbocycles. The third-order valence-corrected chi connectivity index (χ3v) is 6.51. The SMILES string of the molecule is CCc1ccc(NC(=S)N2CC[NH+](Cc3nc4ccccc4s3)CC2)cc1. The fourth-order valence-electron chi connectivity index (χ4n) is 3.44. The molecule has 1 saturated heterocycles. The molecule has 1 fully saturated rings. The molecular weight excluding hydrogens is 372 g/mol. The van der Waals surface area contributed by atoms with E-state index in [2.05, 4.69) is 65.7 Å². The number of nitrogens with one attached hydrogen (secondary N) is 2. The number of benzene rings is 2. The highest BCUT2D eigenvalue weighted by Crippen LogP contribution is 2.20. The van der Waals surface area contributed by atoms with Gasteiger partial charge in [0.2, 0.25) is 0 Å². The molecule has 0 aliphatic carbocycles. The third kappa shape index (κ3) is 4.46. The van der Waals surface area contributed by atoms with E-state index in [-0.39, 0.29) is 0 Å². The first-order chi connectivity index (χ1) is 13.2. The van der Waals surface area contributed by atoms with Gasteiger partial charge in [-0.15, -0.1) is 11.3 Å². The molecule has 1 aromatic heterocycles. The van der Waals surface area contributed by atoms with Crippen molar-refractivity contribution in [3.8, 4) is 0 Å². The van der Waals surface area contributed by atoms with E-state index in [1.165, 1.54) is 15.3 Å². The average Bonchev–Trinajstić information content (AvgIpc) is 3.11. The highest BCUT2D eigenvalue weighted by molar-refractivity contribution is 7.80. The van der Waals surface area contributed by atoms with Crippen LogP contribution in [0.25, 0.3) is 10.2 Å². The second-order valence-corrected chi connectivity index (χ2v) is 8.47. The van der Waals surface area contributed by atoms with Gasteiger partial charge in [0.1, 0.15) is 11.6 Å². The molecule has 140 valence electrons. The van der Waals surface area contributed by atoms with Gasteiger partial charge in [-0.2, -0.15) is 0 Å². The highest BCUT2D eigenvalue weighted by atomic mass is 32.1. The van der Waals surface area contributed by atoms with Crippen LogP contribution in [0.2, 0.25) is 0 Å². The van der Waals surface area contributed by atoms with Crippen LogP contribution in [0, 0.1) is 0 Å². The Kier molecular flexibility index (Phi) is 5.66. The van der Waals surface area contributed by atoms with Crippen LogP contribution in [0.5, 0.6) is 0 Å². The second kappa shape index (κ2) is 8.33. The number of thiazole rings is 1. The molecule has 27 heavy (non-hydrogen) atoms. The van der Waals surface area contributed by atoms with E-state index in [1.807, 2.05) is 11.3 Å². The maximum absolute atomic E-state index is 5.62. The number of thiocarbonyl (C=S) groups is 1. The zero-order valence-electron chi connectivity index (χ0n) is 15.6. The van der Waals surface area contributed by atoms with Crippen LogP contribution >= 0.6 is 23.6 Å². The topological polar surface area (TPSA) is 32.6 Å². The maximum Gasteiger partial charge on any atom is 0.173 e. The monoisotopic (exact) mass is 397 g/mol. The molecule has 4 rings (SSSR count). The Hall–Kier alpha value is -2.02. The van der Waals surface area contributed by atoms with Crippen LogP contribution in [0.4, 0.5) is 5.69 Å². The van der Waals surface area contributed by atoms with Crippen molar-refractivity contribution in [1.82, 2.24) is 9.88 Å². The first kappa shape index (κ1) is 18.3. The first-order valence-corrected chi connectivity index (χ1v) is 10.8. The van der Waals surface area contributed by atoms with Crippen LogP contribution in [-0.2, 0) is 13.0 Å². The zero-order valence-corrected chi connectivity index (χ0v) is 17.2. The van der Waals surface area contributed by atoms with Crippen LogP contribution < -0.4 is 10.2 Å². The summed E-state index contributed by atoms with van der Waals surface area (Å²) in [4.78, 5) is 8.64. The van der Waals surface area contributed by atoms with Crippen LogP contribution in [0.15, 0.2) is 48.5 Å². The molecular formula is C21H25N4S2+. The van der Waals surface area contributed by atoms with Gasteiger partial charge in [0.05, 0.1) is 36.4 Å². The molecule has 0 radical (unpaired) electrons. The molecule has 2 heterocycles. The molecule has 0 spiro atoms. The molecule has 0 bridgehead atoms. The van der Waals surface area contributed by atoms with Gasteiger partial charge in [-0.1, -0.05) is 31.2 Å². The average molecular weight is 398 g/mol. The fourth-order valence-corrected chi connectivity index (χ4v) is 4.78. The lowest BCUT2D eigenvalue weighted by Gasteiger charge is -2.33. The van der Waals surface area contributed by atoms with Gasteiger partial charge in [-0.05, 0) is 48.5 Å². The zero-order chi connectivity index (χ0) is 18.6. The van der Waals surface area contributed by atoms with Crippen molar-refractivity contribution in [3.05, 3.63) is 59.1 Å². The summed E-state index contributed by atoms with van der Waals surface area (Å²) in [6.07, 6.45) is 1.06. The summed E-state index contributed by atoms with van der Waals surface area (Å²) in [5.41, 5.74) is 3.54. The van der Waals surface area contributed by atoms with Crippen LogP contribution in [-0.4, -0.2) is 41.2 Å². The molecule has 0 atom stereocenters. The maximum atomic E-state index is 5.62. The molecule has 6 heteroatoms. The number of aryl methyl sites for hydroxylation is 1. The summed E-state index contributed by atoms with van der Waals surface area (Å²) < 4.78 is 1.28. The molecule has 2 N–H and O–H groups in total. The predicted molar refractivity (Wildman–Crippen MR) is 118 cm³/mol. The van der Waals surface area contributed by atoms with Gasteiger partial charge in [0.15, 0.2) is 5.11 Å². The van der Waals surface area contributed by atoms with Gasteiger partial charge < -0.3 is 15.1 Å². The molecule has 0 amide bonds. The van der Waals surface area contributed by atoms with E-state index in [9.17, 15) is 0 Å². The number of quaternary nitrogens is 1. The summed E-state index contributed by atoms with van der Waals surface area (Å²) >= 11 is 7.44. The van der Waals surface area contributed by atoms with Crippen LogP contribution in [0.3, 0.4) is 0 Å². The Bertz CT molecular complexity index is 878. The standard InChI is InChI=1S/C21H24N4S2/c1-2-16-7-9-17(10-8-16)22-21(26)25-13-11-24(12-14-25)15-20-23-18-5-3-4-6-19(18)27-20/h3-10H,2,11-15H2,1H3,(H,22,26)/p+1. The summed E-state index contributed by atoms with van der Waals surface area (Å²) in [7, 11) is 0. The second-order valence-electron chi connectivity index (χ2n) is 6.97. The van der Waals surface area contributed by atoms with E-state index in [0.717, 1.165) is 55.5 Å². The van der Waals surface area contributed by atoms with Gasteiger partial charge in [-0.25, -0.2) is 4.98 Å². The number of piperazine rings is 1. The summed E-state index contributed by atoms with van der Waals surface area (Å²) in [6.45, 7) is 7.33. The number of rotatable bonds is 4. The lowest BCUT2D eigenvalue weighted by molar-refractivity contribution is -0.917. The minimum Gasteiger partial charge on any atom is -0.338 e. The number of fused-ring (bicyclic) bond motifs is 1. The van der Waals surface area contributed by atoms with Crippen LogP contribution in [0.1, 0.15) is 17.5 Å². The van der Waals surface area contributed by atoms with E-state index < -0.39 is 0 Å². The third-order valence-electron chi connectivity index (χ3n) is 5.11. The Morgan fingerprint density at radius 1 is 1.15 bits per heavy atom. The van der Waals surface area contributed by atoms with Crippen molar-refractivity contribution in [1.29, 1.82) is 0 Å². The van der Waals surface area contributed by atoms with Gasteiger partial charge in [0.25, 0.3) is 0 Å². The highest BCUT2D eigenvalue weighted by Gasteiger charge is 2.23. The Morgan fingerprint density at radius 3 is 2.59 bits per heavy atom. The number of anilines is 1. The van der Waals surface area contributed by atoms with Crippen molar-refractivity contribution < 1.29 is 4.90 Å². The minimum absolute atomic E-state index is 0.832. The van der Waals surface area contributed by atoms with E-state index in [0.29, 0.717) is 0 Å². The first-order valence-electron chi connectivity index (χ1n) is 9.54. The molecule has 0 unspecified atom stereocenters. The van der Waals surface area contributed by atoms with E-state index in [1.54, 1.807) is 4.90 Å². The number of para-hydroxylation sites is 1. The molecule has 3 aromatic rings. The Morgan fingerprint density at radius 2 is 1.89 bits per heavy atom.